The summed E-state index contributed by atoms with van der Waals surface area (Å²) in [4.78, 5) is 0. The van der Waals surface area contributed by atoms with Crippen LogP contribution in [0.15, 0.2) is 11.6 Å². The van der Waals surface area contributed by atoms with Gasteiger partial charge >= 0.3 is 0 Å². The molecule has 11 atom stereocenters. The third-order valence-electron chi connectivity index (χ3n) is 11.6. The van der Waals surface area contributed by atoms with Gasteiger partial charge in [-0.1, -0.05) is 39.3 Å². The molecule has 3 saturated carbocycles. The van der Waals surface area contributed by atoms with Crippen molar-refractivity contribution in [2.24, 2.45) is 46.3 Å². The van der Waals surface area contributed by atoms with Crippen LogP contribution in [0, 0.1) is 46.3 Å². The molecule has 1 spiro atoms. The minimum Gasteiger partial charge on any atom is -0.393 e. The van der Waals surface area contributed by atoms with E-state index in [9.17, 15) is 5.11 Å². The van der Waals surface area contributed by atoms with E-state index in [1.807, 2.05) is 0 Å². The molecule has 0 aromatic heterocycles. The molecule has 168 valence electrons. The second kappa shape index (κ2) is 6.58. The number of aliphatic hydroxyl groups excluding tert-OH is 1. The van der Waals surface area contributed by atoms with Crippen LogP contribution in [0.3, 0.4) is 0 Å². The summed E-state index contributed by atoms with van der Waals surface area (Å²) in [7, 11) is 0. The Hall–Kier alpha value is -0.380. The first kappa shape index (κ1) is 20.2. The van der Waals surface area contributed by atoms with Crippen molar-refractivity contribution in [3.8, 4) is 0 Å². The third kappa shape index (κ3) is 2.55. The Morgan fingerprint density at radius 3 is 2.67 bits per heavy atom. The molecule has 1 unspecified atom stereocenters. The van der Waals surface area contributed by atoms with Gasteiger partial charge in [-0.3, -0.25) is 5.32 Å². The lowest BCUT2D eigenvalue weighted by Gasteiger charge is -2.58. The highest BCUT2D eigenvalue weighted by atomic mass is 16.5. The van der Waals surface area contributed by atoms with Crippen molar-refractivity contribution in [3.63, 3.8) is 0 Å². The molecule has 6 rings (SSSR count). The molecule has 0 aromatic carbocycles. The van der Waals surface area contributed by atoms with Crippen LogP contribution in [0.5, 0.6) is 0 Å². The van der Waals surface area contributed by atoms with Crippen LogP contribution in [-0.4, -0.2) is 29.6 Å². The lowest BCUT2D eigenvalue weighted by Crippen LogP contribution is -2.57. The van der Waals surface area contributed by atoms with Crippen molar-refractivity contribution in [2.45, 2.75) is 103 Å². The molecule has 5 fully saturated rings. The fourth-order valence-electron chi connectivity index (χ4n) is 9.84. The first-order valence-corrected chi connectivity index (χ1v) is 13.1. The predicted octanol–water partition coefficient (Wildman–Crippen LogP) is 5.29. The average molecular weight is 414 g/mol. The van der Waals surface area contributed by atoms with Gasteiger partial charge in [0.1, 0.15) is 5.72 Å². The van der Waals surface area contributed by atoms with Crippen molar-refractivity contribution < 1.29 is 9.84 Å². The zero-order valence-corrected chi connectivity index (χ0v) is 19.6. The van der Waals surface area contributed by atoms with Gasteiger partial charge < -0.3 is 9.84 Å². The standard InChI is InChI=1S/C27H43NO2/c1-16-7-12-27(28-15-16)17(2)24-23(30-27)14-22-20-6-5-18-13-19(29)8-10-25(18,3)21(20)9-11-26(22,24)4/h5,16-17,19-24,28-29H,6-15H2,1-4H3/t16-,17+,19+,20-,21+,22+,23+,24+,25+,26+,27?/m1/s1. The number of allylic oxidation sites excluding steroid dienone is 1. The van der Waals surface area contributed by atoms with Crippen LogP contribution in [0.1, 0.15) is 85.5 Å². The molecule has 2 aliphatic heterocycles. The Balaban J connectivity index is 1.28. The summed E-state index contributed by atoms with van der Waals surface area (Å²) in [5, 5.41) is 14.1. The molecule has 0 radical (unpaired) electrons. The van der Waals surface area contributed by atoms with E-state index in [2.05, 4.69) is 39.1 Å². The molecule has 0 amide bonds. The summed E-state index contributed by atoms with van der Waals surface area (Å²) in [6, 6.07) is 0. The highest BCUT2D eigenvalue weighted by Crippen LogP contribution is 2.70. The minimum absolute atomic E-state index is 0.0439. The van der Waals surface area contributed by atoms with Gasteiger partial charge in [0.15, 0.2) is 0 Å². The first-order chi connectivity index (χ1) is 14.3. The summed E-state index contributed by atoms with van der Waals surface area (Å²) >= 11 is 0. The van der Waals surface area contributed by atoms with Crippen molar-refractivity contribution in [2.75, 3.05) is 6.54 Å². The molecular formula is C27H43NO2. The van der Waals surface area contributed by atoms with Gasteiger partial charge in [-0.25, -0.2) is 0 Å². The Kier molecular flexibility index (Phi) is 4.44. The van der Waals surface area contributed by atoms with Gasteiger partial charge in [-0.05, 0) is 98.2 Å². The lowest BCUT2D eigenvalue weighted by atomic mass is 9.47. The third-order valence-corrected chi connectivity index (χ3v) is 11.6. The van der Waals surface area contributed by atoms with Crippen molar-refractivity contribution in [3.05, 3.63) is 11.6 Å². The van der Waals surface area contributed by atoms with Crippen molar-refractivity contribution in [1.29, 1.82) is 0 Å². The van der Waals surface area contributed by atoms with E-state index in [1.165, 1.54) is 44.9 Å². The van der Waals surface area contributed by atoms with E-state index in [0.717, 1.165) is 49.0 Å². The Labute approximate surface area is 183 Å². The summed E-state index contributed by atoms with van der Waals surface area (Å²) < 4.78 is 7.00. The maximum atomic E-state index is 10.3. The molecule has 30 heavy (non-hydrogen) atoms. The summed E-state index contributed by atoms with van der Waals surface area (Å²) in [6.45, 7) is 11.2. The number of aliphatic hydroxyl groups is 1. The van der Waals surface area contributed by atoms with Crippen LogP contribution >= 0.6 is 0 Å². The number of hydrogen-bond acceptors (Lipinski definition) is 3. The van der Waals surface area contributed by atoms with Crippen LogP contribution in [0.4, 0.5) is 0 Å². The topological polar surface area (TPSA) is 41.5 Å². The zero-order valence-electron chi connectivity index (χ0n) is 19.6. The SMILES string of the molecule is C[C@@H]1CCC2(NC1)O[C@H]1C[C@H]3[C@@H]4CC=C5C[C@@H](O)CC[C@]5(C)[C@H]4CC[C@]3(C)[C@H]1[C@@H]2C. The second-order valence-corrected chi connectivity index (χ2v) is 12.8. The zero-order chi connectivity index (χ0) is 20.9. The van der Waals surface area contributed by atoms with E-state index >= 15 is 0 Å². The molecule has 0 aromatic rings. The van der Waals surface area contributed by atoms with Crippen LogP contribution in [0.25, 0.3) is 0 Å². The van der Waals surface area contributed by atoms with Gasteiger partial charge in [0.2, 0.25) is 0 Å². The second-order valence-electron chi connectivity index (χ2n) is 12.8. The molecule has 2 heterocycles. The fourth-order valence-corrected chi connectivity index (χ4v) is 9.84. The highest BCUT2D eigenvalue weighted by molar-refractivity contribution is 5.26. The molecule has 4 aliphatic carbocycles. The monoisotopic (exact) mass is 413 g/mol. The molecule has 3 nitrogen and oxygen atoms in total. The number of nitrogens with one attached hydrogen (secondary N) is 1. The summed E-state index contributed by atoms with van der Waals surface area (Å²) in [5.41, 5.74) is 2.33. The molecule has 2 saturated heterocycles. The molecule has 0 bridgehead atoms. The Morgan fingerprint density at radius 1 is 1.07 bits per heavy atom. The van der Waals surface area contributed by atoms with Gasteiger partial charge in [-0.2, -0.15) is 0 Å². The number of hydrogen-bond donors (Lipinski definition) is 2. The normalized spacial score (nSPS) is 59.8. The van der Waals surface area contributed by atoms with Gasteiger partial charge in [0.05, 0.1) is 12.2 Å². The van der Waals surface area contributed by atoms with Crippen LogP contribution in [-0.2, 0) is 4.74 Å². The molecule has 6 aliphatic rings. The van der Waals surface area contributed by atoms with E-state index < -0.39 is 0 Å². The number of ether oxygens (including phenoxy) is 1. The number of rotatable bonds is 0. The number of fused-ring (bicyclic) bond motifs is 7. The maximum absolute atomic E-state index is 10.3. The highest BCUT2D eigenvalue weighted by Gasteiger charge is 2.68. The summed E-state index contributed by atoms with van der Waals surface area (Å²) in [6.07, 6.45) is 13.8. The van der Waals surface area contributed by atoms with E-state index in [-0.39, 0.29) is 11.8 Å². The Bertz CT molecular complexity index is 739. The van der Waals surface area contributed by atoms with Gasteiger partial charge in [0.25, 0.3) is 0 Å². The maximum Gasteiger partial charge on any atom is 0.122 e. The van der Waals surface area contributed by atoms with Crippen molar-refractivity contribution >= 4 is 0 Å². The largest absolute Gasteiger partial charge is 0.393 e. The predicted molar refractivity (Wildman–Crippen MR) is 120 cm³/mol. The average Bonchev–Trinajstić information content (AvgIpc) is 3.16. The minimum atomic E-state index is -0.100. The van der Waals surface area contributed by atoms with Gasteiger partial charge in [0, 0.05) is 12.5 Å². The van der Waals surface area contributed by atoms with Crippen molar-refractivity contribution in [1.82, 2.24) is 5.32 Å². The summed E-state index contributed by atoms with van der Waals surface area (Å²) in [5.74, 6) is 4.58. The quantitative estimate of drug-likeness (QED) is 0.530. The smallest absolute Gasteiger partial charge is 0.122 e. The molecular weight excluding hydrogens is 370 g/mol. The molecule has 3 heteroatoms. The van der Waals surface area contributed by atoms with E-state index in [1.54, 1.807) is 5.57 Å². The Morgan fingerprint density at radius 2 is 1.90 bits per heavy atom. The number of piperidine rings is 1. The molecule has 2 N–H and O–H groups in total. The van der Waals surface area contributed by atoms with Gasteiger partial charge in [-0.15, -0.1) is 0 Å². The lowest BCUT2D eigenvalue weighted by molar-refractivity contribution is -0.115. The first-order valence-electron chi connectivity index (χ1n) is 13.1. The van der Waals surface area contributed by atoms with Crippen LogP contribution in [0.2, 0.25) is 0 Å². The van der Waals surface area contributed by atoms with E-state index in [4.69, 9.17) is 4.74 Å². The van der Waals surface area contributed by atoms with E-state index in [0.29, 0.717) is 22.9 Å². The fraction of sp³-hybridized carbons (Fsp3) is 0.926. The van der Waals surface area contributed by atoms with Crippen LogP contribution < -0.4 is 5.32 Å².